The van der Waals surface area contributed by atoms with E-state index in [1.54, 1.807) is 4.68 Å². The maximum Gasteiger partial charge on any atom is 0.241 e. The second kappa shape index (κ2) is 6.10. The van der Waals surface area contributed by atoms with E-state index in [0.717, 1.165) is 21.5 Å². The van der Waals surface area contributed by atoms with Crippen LogP contribution in [0.15, 0.2) is 22.7 Å². The predicted octanol–water partition coefficient (Wildman–Crippen LogP) is 4.80. The number of halogens is 1. The normalized spacial score (nSPS) is 11.4. The lowest BCUT2D eigenvalue weighted by atomic mass is 10.0. The van der Waals surface area contributed by atoms with Crippen molar-refractivity contribution in [2.45, 2.75) is 39.5 Å². The van der Waals surface area contributed by atoms with Gasteiger partial charge < -0.3 is 10.5 Å². The zero-order chi connectivity index (χ0) is 15.7. The van der Waals surface area contributed by atoms with Crippen molar-refractivity contribution in [3.8, 4) is 11.6 Å². The van der Waals surface area contributed by atoms with E-state index >= 15 is 0 Å². The molecule has 0 spiro atoms. The molecular weight excluding hydrogens is 330 g/mol. The summed E-state index contributed by atoms with van der Waals surface area (Å²) in [6, 6.07) is 6.01. The van der Waals surface area contributed by atoms with Crippen molar-refractivity contribution in [3.63, 3.8) is 0 Å². The van der Waals surface area contributed by atoms with Crippen LogP contribution >= 0.6 is 15.9 Å². The highest BCUT2D eigenvalue weighted by atomic mass is 79.9. The summed E-state index contributed by atoms with van der Waals surface area (Å²) in [5.41, 5.74) is 8.81. The zero-order valence-electron chi connectivity index (χ0n) is 13.1. The highest BCUT2D eigenvalue weighted by Crippen LogP contribution is 2.37. The molecule has 0 fully saturated rings. The minimum Gasteiger partial charge on any atom is -0.437 e. The Morgan fingerprint density at radius 3 is 2.38 bits per heavy atom. The Morgan fingerprint density at radius 2 is 1.86 bits per heavy atom. The van der Waals surface area contributed by atoms with Crippen molar-refractivity contribution in [2.75, 3.05) is 5.73 Å². The number of nitrogen functional groups attached to an aromatic ring is 1. The van der Waals surface area contributed by atoms with Crippen molar-refractivity contribution >= 4 is 21.6 Å². The van der Waals surface area contributed by atoms with E-state index < -0.39 is 0 Å². The molecule has 114 valence electrons. The zero-order valence-corrected chi connectivity index (χ0v) is 14.7. The van der Waals surface area contributed by atoms with Gasteiger partial charge in [-0.25, -0.2) is 4.68 Å². The van der Waals surface area contributed by atoms with Crippen LogP contribution in [0.2, 0.25) is 0 Å². The fraction of sp³-hybridized carbons (Fsp3) is 0.438. The van der Waals surface area contributed by atoms with Crippen molar-refractivity contribution in [1.29, 1.82) is 0 Å². The molecule has 5 heteroatoms. The lowest BCUT2D eigenvalue weighted by Crippen LogP contribution is -2.00. The van der Waals surface area contributed by atoms with Gasteiger partial charge in [0.1, 0.15) is 11.4 Å². The molecular formula is C16H22BrN3O. The Kier molecular flexibility index (Phi) is 4.61. The molecule has 0 atom stereocenters. The lowest BCUT2D eigenvalue weighted by Gasteiger charge is -2.14. The minimum atomic E-state index is 0.267. The molecule has 2 N–H and O–H groups in total. The molecule has 0 unspecified atom stereocenters. The number of hydrogen-bond acceptors (Lipinski definition) is 3. The maximum atomic E-state index is 6.19. The SMILES string of the molecule is CC(C)c1cc(Br)ccc1Oc1c(N)c(C(C)C)nn1C. The molecule has 0 saturated heterocycles. The van der Waals surface area contributed by atoms with E-state index in [4.69, 9.17) is 10.5 Å². The second-order valence-electron chi connectivity index (χ2n) is 5.82. The summed E-state index contributed by atoms with van der Waals surface area (Å²) in [7, 11) is 1.85. The summed E-state index contributed by atoms with van der Waals surface area (Å²) in [6.07, 6.45) is 0. The molecule has 0 aliphatic rings. The first kappa shape index (κ1) is 15.9. The average molecular weight is 352 g/mol. The van der Waals surface area contributed by atoms with Gasteiger partial charge >= 0.3 is 0 Å². The number of aryl methyl sites for hydroxylation is 1. The topological polar surface area (TPSA) is 53.1 Å². The first-order chi connectivity index (χ1) is 9.81. The van der Waals surface area contributed by atoms with Crippen LogP contribution in [0, 0.1) is 0 Å². The Hall–Kier alpha value is -1.49. The summed E-state index contributed by atoms with van der Waals surface area (Å²) in [5, 5.41) is 4.46. The maximum absolute atomic E-state index is 6.19. The number of anilines is 1. The van der Waals surface area contributed by atoms with Crippen molar-refractivity contribution in [1.82, 2.24) is 9.78 Å². The molecule has 4 nitrogen and oxygen atoms in total. The predicted molar refractivity (Wildman–Crippen MR) is 90.0 cm³/mol. The molecule has 0 bridgehead atoms. The van der Waals surface area contributed by atoms with E-state index in [2.05, 4.69) is 54.8 Å². The van der Waals surface area contributed by atoms with E-state index in [-0.39, 0.29) is 5.92 Å². The van der Waals surface area contributed by atoms with Gasteiger partial charge in [0.25, 0.3) is 0 Å². The molecule has 0 saturated carbocycles. The summed E-state index contributed by atoms with van der Waals surface area (Å²) in [6.45, 7) is 8.42. The van der Waals surface area contributed by atoms with Crippen molar-refractivity contribution < 1.29 is 4.74 Å². The van der Waals surface area contributed by atoms with E-state index in [1.165, 1.54) is 0 Å². The molecule has 21 heavy (non-hydrogen) atoms. The number of aromatic nitrogens is 2. The number of ether oxygens (including phenoxy) is 1. The van der Waals surface area contributed by atoms with Crippen LogP contribution in [0.5, 0.6) is 11.6 Å². The largest absolute Gasteiger partial charge is 0.437 e. The molecule has 0 amide bonds. The number of benzene rings is 1. The summed E-state index contributed by atoms with van der Waals surface area (Å²) >= 11 is 3.50. The number of hydrogen-bond donors (Lipinski definition) is 1. The van der Waals surface area contributed by atoms with E-state index in [0.29, 0.717) is 17.5 Å². The van der Waals surface area contributed by atoms with Crippen LogP contribution in [0.1, 0.15) is 50.8 Å². The van der Waals surface area contributed by atoms with Gasteiger partial charge in [-0.2, -0.15) is 5.10 Å². The first-order valence-corrected chi connectivity index (χ1v) is 7.90. The van der Waals surface area contributed by atoms with Gasteiger partial charge in [0.15, 0.2) is 0 Å². The summed E-state index contributed by atoms with van der Waals surface area (Å²) < 4.78 is 8.82. The number of rotatable bonds is 4. The van der Waals surface area contributed by atoms with Gasteiger partial charge in [-0.05, 0) is 35.6 Å². The van der Waals surface area contributed by atoms with Gasteiger partial charge in [0.05, 0.1) is 5.69 Å². The lowest BCUT2D eigenvalue weighted by molar-refractivity contribution is 0.425. The Morgan fingerprint density at radius 1 is 1.19 bits per heavy atom. The second-order valence-corrected chi connectivity index (χ2v) is 6.74. The number of nitrogens with two attached hydrogens (primary N) is 1. The molecule has 0 aliphatic heterocycles. The molecule has 0 radical (unpaired) electrons. The Balaban J connectivity index is 2.44. The van der Waals surface area contributed by atoms with Crippen LogP contribution < -0.4 is 10.5 Å². The van der Waals surface area contributed by atoms with Crippen LogP contribution in [0.4, 0.5) is 5.69 Å². The fourth-order valence-electron chi connectivity index (χ4n) is 2.26. The molecule has 1 aromatic heterocycles. The van der Waals surface area contributed by atoms with Gasteiger partial charge in [-0.3, -0.25) is 0 Å². The molecule has 2 rings (SSSR count). The Labute approximate surface area is 134 Å². The number of nitrogens with zero attached hydrogens (tertiary/aromatic N) is 2. The molecule has 1 aromatic carbocycles. The molecule has 0 aliphatic carbocycles. The van der Waals surface area contributed by atoms with E-state index in [9.17, 15) is 0 Å². The first-order valence-electron chi connectivity index (χ1n) is 7.11. The fourth-order valence-corrected chi connectivity index (χ4v) is 2.64. The average Bonchev–Trinajstić information content (AvgIpc) is 2.68. The standard InChI is InChI=1S/C16H22BrN3O/c1-9(2)12-8-11(17)6-7-13(12)21-16-14(18)15(10(3)4)19-20(16)5/h6-10H,18H2,1-5H3. The highest BCUT2D eigenvalue weighted by Gasteiger charge is 2.19. The van der Waals surface area contributed by atoms with Gasteiger partial charge in [-0.1, -0.05) is 43.6 Å². The summed E-state index contributed by atoms with van der Waals surface area (Å²) in [4.78, 5) is 0. The third kappa shape index (κ3) is 3.23. The van der Waals surface area contributed by atoms with Gasteiger partial charge in [0.2, 0.25) is 5.88 Å². The highest BCUT2D eigenvalue weighted by molar-refractivity contribution is 9.10. The smallest absolute Gasteiger partial charge is 0.241 e. The molecule has 2 aromatic rings. The molecule has 1 heterocycles. The third-order valence-corrected chi connectivity index (χ3v) is 3.90. The third-order valence-electron chi connectivity index (χ3n) is 3.41. The quantitative estimate of drug-likeness (QED) is 0.860. The van der Waals surface area contributed by atoms with Crippen LogP contribution in [0.25, 0.3) is 0 Å². The van der Waals surface area contributed by atoms with E-state index in [1.807, 2.05) is 19.2 Å². The van der Waals surface area contributed by atoms with Crippen LogP contribution in [-0.2, 0) is 7.05 Å². The van der Waals surface area contributed by atoms with Crippen molar-refractivity contribution in [2.24, 2.45) is 7.05 Å². The Bertz CT molecular complexity index is 647. The minimum absolute atomic E-state index is 0.267. The van der Waals surface area contributed by atoms with Crippen LogP contribution in [-0.4, -0.2) is 9.78 Å². The van der Waals surface area contributed by atoms with Gasteiger partial charge in [0, 0.05) is 11.5 Å². The summed E-state index contributed by atoms with van der Waals surface area (Å²) in [5.74, 6) is 2.04. The van der Waals surface area contributed by atoms with Crippen LogP contribution in [0.3, 0.4) is 0 Å². The monoisotopic (exact) mass is 351 g/mol. The van der Waals surface area contributed by atoms with Crippen molar-refractivity contribution in [3.05, 3.63) is 33.9 Å². The van der Waals surface area contributed by atoms with Gasteiger partial charge in [-0.15, -0.1) is 0 Å².